The van der Waals surface area contributed by atoms with Gasteiger partial charge in [0, 0.05) is 16.9 Å². The number of aliphatic hydroxyl groups is 2. The largest absolute Gasteiger partial charge is 0.364 e. The van der Waals surface area contributed by atoms with E-state index in [2.05, 4.69) is 0 Å². The van der Waals surface area contributed by atoms with Crippen LogP contribution in [0.5, 0.6) is 0 Å². The van der Waals surface area contributed by atoms with Gasteiger partial charge in [-0.2, -0.15) is 0 Å². The number of carbonyl (C=O) groups is 1. The molecule has 0 saturated heterocycles. The molecule has 1 heterocycles. The molecule has 0 saturated carbocycles. The molecule has 0 aliphatic heterocycles. The van der Waals surface area contributed by atoms with Crippen molar-refractivity contribution in [3.05, 3.63) is 57.3 Å². The Kier molecular flexibility index (Phi) is 5.06. The van der Waals surface area contributed by atoms with Gasteiger partial charge in [0.05, 0.1) is 4.88 Å². The molecule has 0 amide bonds. The average Bonchev–Trinajstić information content (AvgIpc) is 2.93. The molecule has 2 rings (SSSR count). The molecular weight excluding hydrogens is 272 g/mol. The number of rotatable bonds is 6. The first-order valence-corrected chi connectivity index (χ1v) is 7.48. The monoisotopic (exact) mass is 290 g/mol. The number of carbonyl (C=O) groups excluding carboxylic acids is 1. The number of hydrogen-bond donors (Lipinski definition) is 2. The number of aryl methyl sites for hydroxylation is 2. The Balaban J connectivity index is 1.94. The zero-order valence-electron chi connectivity index (χ0n) is 11.4. The van der Waals surface area contributed by atoms with Crippen molar-refractivity contribution in [3.63, 3.8) is 0 Å². The molecular formula is C16H18O3S. The minimum absolute atomic E-state index is 0.197. The maximum absolute atomic E-state index is 11.6. The van der Waals surface area contributed by atoms with Crippen molar-refractivity contribution in [3.8, 4) is 0 Å². The third kappa shape index (κ3) is 3.76. The van der Waals surface area contributed by atoms with E-state index >= 15 is 0 Å². The SMILES string of the molecule is CCC(=O)c1ccc(CCc2ccc(C(O)O)cc2)s1. The molecule has 0 fully saturated rings. The highest BCUT2D eigenvalue weighted by Gasteiger charge is 2.07. The van der Waals surface area contributed by atoms with E-state index in [9.17, 15) is 4.79 Å². The van der Waals surface area contributed by atoms with Gasteiger partial charge in [-0.05, 0) is 30.5 Å². The zero-order valence-corrected chi connectivity index (χ0v) is 12.2. The predicted octanol–water partition coefficient (Wildman–Crippen LogP) is 3.11. The minimum Gasteiger partial charge on any atom is -0.364 e. The summed E-state index contributed by atoms with van der Waals surface area (Å²) in [5.74, 6) is 0.197. The molecule has 3 nitrogen and oxygen atoms in total. The lowest BCUT2D eigenvalue weighted by Gasteiger charge is -2.05. The minimum atomic E-state index is -1.41. The Hall–Kier alpha value is -1.49. The number of ketones is 1. The summed E-state index contributed by atoms with van der Waals surface area (Å²) in [7, 11) is 0. The normalized spacial score (nSPS) is 11.0. The maximum Gasteiger partial charge on any atom is 0.178 e. The maximum atomic E-state index is 11.6. The van der Waals surface area contributed by atoms with E-state index in [0.717, 1.165) is 23.3 Å². The van der Waals surface area contributed by atoms with Crippen molar-refractivity contribution >= 4 is 17.1 Å². The van der Waals surface area contributed by atoms with E-state index in [0.29, 0.717) is 12.0 Å². The molecule has 2 N–H and O–H groups in total. The zero-order chi connectivity index (χ0) is 14.5. The molecule has 0 atom stereocenters. The molecule has 2 aromatic rings. The van der Waals surface area contributed by atoms with Crippen LogP contribution in [0, 0.1) is 0 Å². The molecule has 4 heteroatoms. The van der Waals surface area contributed by atoms with Crippen molar-refractivity contribution < 1.29 is 15.0 Å². The second-order valence-corrected chi connectivity index (χ2v) is 5.83. The summed E-state index contributed by atoms with van der Waals surface area (Å²) in [5.41, 5.74) is 1.65. The summed E-state index contributed by atoms with van der Waals surface area (Å²) < 4.78 is 0. The standard InChI is InChI=1S/C16H18O3S/c1-2-14(17)15-10-9-13(20-15)8-5-11-3-6-12(7-4-11)16(18)19/h3-4,6-7,9-10,16,18-19H,2,5,8H2,1H3. The van der Waals surface area contributed by atoms with Crippen LogP contribution in [-0.2, 0) is 12.8 Å². The number of thiophene rings is 1. The first-order chi connectivity index (χ1) is 9.60. The number of benzene rings is 1. The fraction of sp³-hybridized carbons (Fsp3) is 0.312. The molecule has 20 heavy (non-hydrogen) atoms. The number of Topliss-reactive ketones (excluding diaryl/α,β-unsaturated/α-hetero) is 1. The second kappa shape index (κ2) is 6.79. The summed E-state index contributed by atoms with van der Waals surface area (Å²) in [5, 5.41) is 18.1. The van der Waals surface area contributed by atoms with E-state index < -0.39 is 6.29 Å². The Labute approximate surface area is 122 Å². The predicted molar refractivity (Wildman–Crippen MR) is 80.0 cm³/mol. The highest BCUT2D eigenvalue weighted by atomic mass is 32.1. The second-order valence-electron chi connectivity index (χ2n) is 4.66. The van der Waals surface area contributed by atoms with Gasteiger partial charge in [0.25, 0.3) is 0 Å². The Morgan fingerprint density at radius 2 is 1.80 bits per heavy atom. The smallest absolute Gasteiger partial charge is 0.178 e. The van der Waals surface area contributed by atoms with Crippen LogP contribution >= 0.6 is 11.3 Å². The van der Waals surface area contributed by atoms with Gasteiger partial charge in [-0.1, -0.05) is 31.2 Å². The van der Waals surface area contributed by atoms with E-state index in [1.807, 2.05) is 31.2 Å². The Morgan fingerprint density at radius 3 is 2.40 bits per heavy atom. The van der Waals surface area contributed by atoms with E-state index in [1.165, 1.54) is 4.88 Å². The van der Waals surface area contributed by atoms with Crippen molar-refractivity contribution in [1.82, 2.24) is 0 Å². The van der Waals surface area contributed by atoms with Crippen molar-refractivity contribution in [2.75, 3.05) is 0 Å². The van der Waals surface area contributed by atoms with Gasteiger partial charge < -0.3 is 10.2 Å². The molecule has 1 aromatic heterocycles. The van der Waals surface area contributed by atoms with Crippen molar-refractivity contribution in [2.45, 2.75) is 32.5 Å². The Bertz CT molecular complexity index is 570. The molecule has 1 aromatic carbocycles. The summed E-state index contributed by atoms with van der Waals surface area (Å²) in [6.07, 6.45) is 0.902. The number of aliphatic hydroxyl groups excluding tert-OH is 1. The summed E-state index contributed by atoms with van der Waals surface area (Å²) in [4.78, 5) is 13.6. The summed E-state index contributed by atoms with van der Waals surface area (Å²) >= 11 is 1.56. The highest BCUT2D eigenvalue weighted by Crippen LogP contribution is 2.20. The summed E-state index contributed by atoms with van der Waals surface area (Å²) in [6.45, 7) is 1.87. The van der Waals surface area contributed by atoms with Crippen LogP contribution < -0.4 is 0 Å². The van der Waals surface area contributed by atoms with E-state index in [1.54, 1.807) is 23.5 Å². The van der Waals surface area contributed by atoms with Crippen LogP contribution in [0.4, 0.5) is 0 Å². The lowest BCUT2D eigenvalue weighted by molar-refractivity contribution is -0.0424. The van der Waals surface area contributed by atoms with Crippen LogP contribution in [0.15, 0.2) is 36.4 Å². The quantitative estimate of drug-likeness (QED) is 0.635. The summed E-state index contributed by atoms with van der Waals surface area (Å²) in [6, 6.07) is 11.2. The van der Waals surface area contributed by atoms with E-state index in [-0.39, 0.29) is 5.78 Å². The van der Waals surface area contributed by atoms with Crippen LogP contribution in [0.1, 0.15) is 45.3 Å². The Morgan fingerprint density at radius 1 is 1.10 bits per heavy atom. The van der Waals surface area contributed by atoms with Crippen LogP contribution in [0.3, 0.4) is 0 Å². The fourth-order valence-electron chi connectivity index (χ4n) is 1.96. The van der Waals surface area contributed by atoms with Crippen LogP contribution in [0.2, 0.25) is 0 Å². The van der Waals surface area contributed by atoms with Gasteiger partial charge in [0.2, 0.25) is 0 Å². The molecule has 0 aliphatic carbocycles. The lowest BCUT2D eigenvalue weighted by Crippen LogP contribution is -1.95. The third-order valence-corrected chi connectivity index (χ3v) is 4.38. The average molecular weight is 290 g/mol. The van der Waals surface area contributed by atoms with E-state index in [4.69, 9.17) is 10.2 Å². The molecule has 0 radical (unpaired) electrons. The molecule has 0 unspecified atom stereocenters. The topological polar surface area (TPSA) is 57.5 Å². The van der Waals surface area contributed by atoms with Gasteiger partial charge >= 0.3 is 0 Å². The van der Waals surface area contributed by atoms with Crippen molar-refractivity contribution in [1.29, 1.82) is 0 Å². The third-order valence-electron chi connectivity index (χ3n) is 3.20. The first-order valence-electron chi connectivity index (χ1n) is 6.67. The van der Waals surface area contributed by atoms with Gasteiger partial charge in [-0.25, -0.2) is 0 Å². The van der Waals surface area contributed by atoms with Gasteiger partial charge in [0.15, 0.2) is 12.1 Å². The lowest BCUT2D eigenvalue weighted by atomic mass is 10.1. The van der Waals surface area contributed by atoms with Crippen LogP contribution in [-0.4, -0.2) is 16.0 Å². The van der Waals surface area contributed by atoms with Crippen molar-refractivity contribution in [2.24, 2.45) is 0 Å². The van der Waals surface area contributed by atoms with Gasteiger partial charge in [0.1, 0.15) is 0 Å². The fourth-order valence-corrected chi connectivity index (χ4v) is 2.98. The molecule has 0 spiro atoms. The van der Waals surface area contributed by atoms with Crippen LogP contribution in [0.25, 0.3) is 0 Å². The van der Waals surface area contributed by atoms with Gasteiger partial charge in [-0.15, -0.1) is 11.3 Å². The van der Waals surface area contributed by atoms with Gasteiger partial charge in [-0.3, -0.25) is 4.79 Å². The highest BCUT2D eigenvalue weighted by molar-refractivity contribution is 7.14. The molecule has 0 aliphatic rings. The molecule has 0 bridgehead atoms. The molecule has 106 valence electrons. The first kappa shape index (κ1) is 14.9. The number of hydrogen-bond acceptors (Lipinski definition) is 4.